The molecular weight excluding hydrogens is 266 g/mol. The number of hydrogen-bond donors (Lipinski definition) is 1. The number of hydrogen-bond acceptors (Lipinski definition) is 1. The van der Waals surface area contributed by atoms with Gasteiger partial charge < -0.3 is 5.11 Å². The van der Waals surface area contributed by atoms with Gasteiger partial charge in [-0.2, -0.15) is 39.5 Å². The molecule has 0 heterocycles. The van der Waals surface area contributed by atoms with Crippen molar-refractivity contribution in [1.29, 1.82) is 0 Å². The van der Waals surface area contributed by atoms with Crippen LogP contribution in [0.3, 0.4) is 0 Å². The van der Waals surface area contributed by atoms with Gasteiger partial charge in [-0.1, -0.05) is 0 Å². The van der Waals surface area contributed by atoms with E-state index in [0.29, 0.717) is 0 Å². The molecule has 11 heteroatoms. The summed E-state index contributed by atoms with van der Waals surface area (Å²) in [6.45, 7) is 0. The van der Waals surface area contributed by atoms with Gasteiger partial charge in [-0.25, -0.2) is 4.39 Å². The molecule has 0 spiro atoms. The zero-order chi connectivity index (χ0) is 13.6. The zero-order valence-corrected chi connectivity index (χ0v) is 6.73. The summed E-state index contributed by atoms with van der Waals surface area (Å²) in [7, 11) is 0. The van der Waals surface area contributed by atoms with Gasteiger partial charge >= 0.3 is 24.1 Å². The van der Waals surface area contributed by atoms with Gasteiger partial charge in [0.1, 0.15) is 0 Å². The third kappa shape index (κ3) is 2.33. The van der Waals surface area contributed by atoms with Crippen LogP contribution in [0, 0.1) is 6.17 Å². The normalized spacial score (nSPS) is 18.8. The van der Waals surface area contributed by atoms with E-state index in [1.54, 1.807) is 0 Å². The van der Waals surface area contributed by atoms with Crippen molar-refractivity contribution in [3.63, 3.8) is 0 Å². The predicted octanol–water partition coefficient (Wildman–Crippen LogP) is 2.91. The maximum absolute atomic E-state index is 12.1. The van der Waals surface area contributed by atoms with Crippen LogP contribution in [0.5, 0.6) is 0 Å². The highest BCUT2D eigenvalue weighted by Gasteiger charge is 2.77. The van der Waals surface area contributed by atoms with Gasteiger partial charge in [0.15, 0.2) is 0 Å². The van der Waals surface area contributed by atoms with Crippen LogP contribution in [0.4, 0.5) is 43.9 Å². The van der Waals surface area contributed by atoms with Crippen LogP contribution < -0.4 is 0 Å². The molecule has 1 radical (unpaired) electrons. The number of rotatable bonds is 2. The molecule has 0 aromatic heterocycles. The number of aliphatic hydroxyl groups is 1. The minimum absolute atomic E-state index is 4.58. The summed E-state index contributed by atoms with van der Waals surface area (Å²) in [5, 5.41) is 7.63. The van der Waals surface area contributed by atoms with Gasteiger partial charge in [0.2, 0.25) is 0 Å². The van der Waals surface area contributed by atoms with Crippen molar-refractivity contribution in [2.24, 2.45) is 0 Å². The second-order valence-corrected chi connectivity index (χ2v) is 2.51. The average molecular weight is 267 g/mol. The molecule has 0 aromatic carbocycles. The molecule has 0 aromatic rings. The molecule has 0 aliphatic heterocycles. The fourth-order valence-corrected chi connectivity index (χ4v) is 0.457. The first-order valence-electron chi connectivity index (χ1n) is 3.11. The molecule has 0 amide bonds. The maximum atomic E-state index is 12.1. The summed E-state index contributed by atoms with van der Waals surface area (Å²) >= 11 is 0. The maximum Gasteiger partial charge on any atom is 0.457 e. The highest BCUT2D eigenvalue weighted by molar-refractivity contribution is 5.10. The van der Waals surface area contributed by atoms with E-state index < -0.39 is 30.3 Å². The lowest BCUT2D eigenvalue weighted by atomic mass is 10.1. The quantitative estimate of drug-likeness (QED) is 0.763. The van der Waals surface area contributed by atoms with Gasteiger partial charge in [-0.15, -0.1) is 0 Å². The van der Waals surface area contributed by atoms with Crippen LogP contribution in [0.1, 0.15) is 0 Å². The fourth-order valence-electron chi connectivity index (χ4n) is 0.457. The lowest BCUT2D eigenvalue weighted by molar-refractivity contribution is -0.359. The molecule has 0 aliphatic rings. The van der Waals surface area contributed by atoms with E-state index in [-0.39, 0.29) is 0 Å². The minimum Gasteiger partial charge on any atom is -0.352 e. The standard InChI is InChI=1S/C5HF10O/c6-1(2(7,8)4(10,11)12)3(9,16)5(13,14)15/h16H. The molecule has 0 rings (SSSR count). The largest absolute Gasteiger partial charge is 0.457 e. The van der Waals surface area contributed by atoms with E-state index in [9.17, 15) is 43.9 Å². The van der Waals surface area contributed by atoms with Gasteiger partial charge in [-0.05, 0) is 0 Å². The van der Waals surface area contributed by atoms with Crippen molar-refractivity contribution >= 4 is 0 Å². The molecule has 1 unspecified atom stereocenters. The molecule has 16 heavy (non-hydrogen) atoms. The van der Waals surface area contributed by atoms with Gasteiger partial charge in [-0.3, -0.25) is 0 Å². The molecule has 0 bridgehead atoms. The van der Waals surface area contributed by atoms with Gasteiger partial charge in [0.05, 0.1) is 0 Å². The Morgan fingerprint density at radius 2 is 1.00 bits per heavy atom. The molecular formula is C5HF10O. The Labute approximate surface area is 80.6 Å². The van der Waals surface area contributed by atoms with Crippen molar-refractivity contribution < 1.29 is 49.0 Å². The van der Waals surface area contributed by atoms with Crippen molar-refractivity contribution in [3.05, 3.63) is 6.17 Å². The van der Waals surface area contributed by atoms with Crippen LogP contribution in [0.15, 0.2) is 0 Å². The zero-order valence-electron chi connectivity index (χ0n) is 6.73. The molecule has 1 N–H and O–H groups in total. The number of halogens is 10. The molecule has 0 saturated heterocycles. The summed E-state index contributed by atoms with van der Waals surface area (Å²) in [4.78, 5) is 0. The molecule has 0 aliphatic carbocycles. The van der Waals surface area contributed by atoms with Crippen molar-refractivity contribution in [2.45, 2.75) is 24.1 Å². The topological polar surface area (TPSA) is 20.2 Å². The second kappa shape index (κ2) is 3.64. The Balaban J connectivity index is 5.30. The van der Waals surface area contributed by atoms with E-state index in [1.807, 2.05) is 0 Å². The lowest BCUT2D eigenvalue weighted by Gasteiger charge is -2.30. The van der Waals surface area contributed by atoms with Crippen LogP contribution in [0.2, 0.25) is 0 Å². The minimum atomic E-state index is -6.80. The van der Waals surface area contributed by atoms with Crippen LogP contribution in [0.25, 0.3) is 0 Å². The van der Waals surface area contributed by atoms with Crippen LogP contribution in [-0.2, 0) is 0 Å². The smallest absolute Gasteiger partial charge is 0.352 e. The molecule has 0 saturated carbocycles. The summed E-state index contributed by atoms with van der Waals surface area (Å²) in [5.74, 6) is -13.1. The average Bonchev–Trinajstić information content (AvgIpc) is 1.98. The van der Waals surface area contributed by atoms with Crippen molar-refractivity contribution in [2.75, 3.05) is 0 Å². The monoisotopic (exact) mass is 267 g/mol. The van der Waals surface area contributed by atoms with E-state index in [1.165, 1.54) is 0 Å². The van der Waals surface area contributed by atoms with Crippen molar-refractivity contribution in [3.8, 4) is 0 Å². The first kappa shape index (κ1) is 15.3. The molecule has 1 nitrogen and oxygen atoms in total. The third-order valence-electron chi connectivity index (χ3n) is 1.30. The summed E-state index contributed by atoms with van der Waals surface area (Å²) in [5.41, 5.74) is 0. The molecule has 1 atom stereocenters. The Bertz CT molecular complexity index is 223. The Kier molecular flexibility index (Phi) is 3.47. The van der Waals surface area contributed by atoms with E-state index in [0.717, 1.165) is 0 Å². The lowest BCUT2D eigenvalue weighted by Crippen LogP contribution is -2.55. The van der Waals surface area contributed by atoms with Crippen molar-refractivity contribution in [1.82, 2.24) is 0 Å². The first-order chi connectivity index (χ1) is 6.65. The number of alkyl halides is 9. The highest BCUT2D eigenvalue weighted by atomic mass is 19.4. The SMILES string of the molecule is OC(F)([C](F)C(F)(F)C(F)(F)F)C(F)(F)F. The van der Waals surface area contributed by atoms with E-state index in [4.69, 9.17) is 5.11 Å². The predicted molar refractivity (Wildman–Crippen MR) is 27.5 cm³/mol. The van der Waals surface area contributed by atoms with E-state index >= 15 is 0 Å². The Morgan fingerprint density at radius 1 is 0.688 bits per heavy atom. The third-order valence-corrected chi connectivity index (χ3v) is 1.30. The summed E-state index contributed by atoms with van der Waals surface area (Å²) in [6.07, 6.45) is -18.0. The Hall–Kier alpha value is -0.740. The fraction of sp³-hybridized carbons (Fsp3) is 0.800. The summed E-state index contributed by atoms with van der Waals surface area (Å²) in [6, 6.07) is 0. The van der Waals surface area contributed by atoms with E-state index in [2.05, 4.69) is 0 Å². The van der Waals surface area contributed by atoms with Gasteiger partial charge in [0.25, 0.3) is 6.17 Å². The Morgan fingerprint density at radius 3 is 1.19 bits per heavy atom. The first-order valence-corrected chi connectivity index (χ1v) is 3.11. The summed E-state index contributed by atoms with van der Waals surface area (Å²) < 4.78 is 116. The van der Waals surface area contributed by atoms with Gasteiger partial charge in [0, 0.05) is 0 Å². The second-order valence-electron chi connectivity index (χ2n) is 2.51. The molecule has 0 fully saturated rings. The highest BCUT2D eigenvalue weighted by Crippen LogP contribution is 2.52. The molecule has 97 valence electrons. The van der Waals surface area contributed by atoms with Crippen LogP contribution >= 0.6 is 0 Å². The van der Waals surface area contributed by atoms with Crippen LogP contribution in [-0.4, -0.2) is 29.2 Å².